The van der Waals surface area contributed by atoms with Crippen LogP contribution in [0.25, 0.3) is 0 Å². The van der Waals surface area contributed by atoms with E-state index in [4.69, 9.17) is 13.9 Å². The van der Waals surface area contributed by atoms with Crippen molar-refractivity contribution in [3.05, 3.63) is 42.4 Å². The topological polar surface area (TPSA) is 81.0 Å². The van der Waals surface area contributed by atoms with Gasteiger partial charge in [0.2, 0.25) is 10.0 Å². The number of sulfonamides is 1. The average Bonchev–Trinajstić information content (AvgIpc) is 3.08. The molecule has 0 aliphatic carbocycles. The molecule has 2 aromatic rings. The molecule has 0 fully saturated rings. The minimum atomic E-state index is -3.67. The highest BCUT2D eigenvalue weighted by atomic mass is 32.2. The lowest BCUT2D eigenvalue weighted by molar-refractivity contribution is 0.171. The molecule has 0 amide bonds. The van der Waals surface area contributed by atoms with Crippen LogP contribution in [0.1, 0.15) is 11.8 Å². The van der Waals surface area contributed by atoms with Crippen LogP contribution in [0.5, 0.6) is 11.5 Å². The number of furan rings is 1. The van der Waals surface area contributed by atoms with Crippen molar-refractivity contribution < 1.29 is 22.3 Å². The Bertz CT molecular complexity index is 787. The zero-order valence-electron chi connectivity index (χ0n) is 13.6. The number of hydrogen-bond acceptors (Lipinski definition) is 6. The summed E-state index contributed by atoms with van der Waals surface area (Å²) < 4.78 is 44.0. The van der Waals surface area contributed by atoms with Gasteiger partial charge in [-0.15, -0.1) is 0 Å². The minimum Gasteiger partial charge on any atom is -0.486 e. The second-order valence-electron chi connectivity index (χ2n) is 5.65. The van der Waals surface area contributed by atoms with Crippen LogP contribution in [0.4, 0.5) is 0 Å². The van der Waals surface area contributed by atoms with Crippen molar-refractivity contribution in [2.75, 3.05) is 33.9 Å². The van der Waals surface area contributed by atoms with Gasteiger partial charge in [0.1, 0.15) is 19.0 Å². The lowest BCUT2D eigenvalue weighted by Gasteiger charge is -2.23. The summed E-state index contributed by atoms with van der Waals surface area (Å²) in [5.74, 6) is 1.70. The van der Waals surface area contributed by atoms with Gasteiger partial charge in [0.15, 0.2) is 11.5 Å². The molecule has 0 unspecified atom stereocenters. The van der Waals surface area contributed by atoms with Crippen LogP contribution in [0, 0.1) is 0 Å². The van der Waals surface area contributed by atoms with Crippen molar-refractivity contribution in [3.63, 3.8) is 0 Å². The van der Waals surface area contributed by atoms with Crippen molar-refractivity contribution in [1.82, 2.24) is 9.62 Å². The van der Waals surface area contributed by atoms with E-state index in [0.29, 0.717) is 30.5 Å². The molecule has 0 radical (unpaired) electrons. The summed E-state index contributed by atoms with van der Waals surface area (Å²) in [6.07, 6.45) is 1.57. The Morgan fingerprint density at radius 3 is 2.58 bits per heavy atom. The van der Waals surface area contributed by atoms with Gasteiger partial charge in [0.05, 0.1) is 17.2 Å². The molecule has 0 saturated carbocycles. The van der Waals surface area contributed by atoms with Crippen LogP contribution in [0.15, 0.2) is 45.9 Å². The quantitative estimate of drug-likeness (QED) is 0.851. The standard InChI is InChI=1S/C16H20N2O5S/c1-18(2)13(14-4-3-7-21-14)11-17-24(19,20)12-5-6-15-16(10-12)23-9-8-22-15/h3-7,10,13,17H,8-9,11H2,1-2H3/t13-/m0/s1. The Labute approximate surface area is 141 Å². The first-order valence-electron chi connectivity index (χ1n) is 7.56. The molecule has 1 N–H and O–H groups in total. The third-order valence-electron chi connectivity index (χ3n) is 3.79. The fourth-order valence-electron chi connectivity index (χ4n) is 2.48. The predicted octanol–water partition coefficient (Wildman–Crippen LogP) is 1.63. The van der Waals surface area contributed by atoms with E-state index in [9.17, 15) is 8.42 Å². The number of nitrogens with zero attached hydrogens (tertiary/aromatic N) is 1. The number of rotatable bonds is 6. The van der Waals surface area contributed by atoms with Crippen LogP contribution >= 0.6 is 0 Å². The van der Waals surface area contributed by atoms with Crippen molar-refractivity contribution in [1.29, 1.82) is 0 Å². The first-order chi connectivity index (χ1) is 11.5. The summed E-state index contributed by atoms with van der Waals surface area (Å²) in [6.45, 7) is 1.06. The van der Waals surface area contributed by atoms with Gasteiger partial charge < -0.3 is 13.9 Å². The highest BCUT2D eigenvalue weighted by Crippen LogP contribution is 2.32. The molecule has 7 nitrogen and oxygen atoms in total. The highest BCUT2D eigenvalue weighted by Gasteiger charge is 2.23. The Morgan fingerprint density at radius 2 is 1.92 bits per heavy atom. The zero-order chi connectivity index (χ0) is 17.2. The lowest BCUT2D eigenvalue weighted by Crippen LogP contribution is -2.34. The molecule has 3 rings (SSSR count). The lowest BCUT2D eigenvalue weighted by atomic mass is 10.2. The normalized spacial score (nSPS) is 15.5. The number of ether oxygens (including phenoxy) is 2. The SMILES string of the molecule is CN(C)[C@@H](CNS(=O)(=O)c1ccc2c(c1)OCCO2)c1ccco1. The van der Waals surface area contributed by atoms with E-state index < -0.39 is 10.0 Å². The fraction of sp³-hybridized carbons (Fsp3) is 0.375. The Morgan fingerprint density at radius 1 is 1.17 bits per heavy atom. The number of nitrogens with one attached hydrogen (secondary N) is 1. The number of likely N-dealkylation sites (N-methyl/N-ethyl adjacent to an activating group) is 1. The van der Waals surface area contributed by atoms with Crippen molar-refractivity contribution in [2.24, 2.45) is 0 Å². The molecule has 1 aliphatic rings. The van der Waals surface area contributed by atoms with Crippen LogP contribution in [-0.4, -0.2) is 47.2 Å². The minimum absolute atomic E-state index is 0.142. The summed E-state index contributed by atoms with van der Waals surface area (Å²) in [7, 11) is 0.0660. The first kappa shape index (κ1) is 16.8. The van der Waals surface area contributed by atoms with Gasteiger partial charge in [-0.25, -0.2) is 13.1 Å². The predicted molar refractivity (Wildman–Crippen MR) is 87.8 cm³/mol. The van der Waals surface area contributed by atoms with Crippen LogP contribution < -0.4 is 14.2 Å². The van der Waals surface area contributed by atoms with E-state index in [0.717, 1.165) is 0 Å². The van der Waals surface area contributed by atoms with E-state index in [1.165, 1.54) is 12.1 Å². The van der Waals surface area contributed by atoms with E-state index in [2.05, 4.69) is 4.72 Å². The Kier molecular flexibility index (Phi) is 4.79. The second kappa shape index (κ2) is 6.84. The van der Waals surface area contributed by atoms with E-state index >= 15 is 0 Å². The maximum absolute atomic E-state index is 12.6. The number of benzene rings is 1. The smallest absolute Gasteiger partial charge is 0.240 e. The van der Waals surface area contributed by atoms with Gasteiger partial charge in [-0.05, 0) is 38.4 Å². The van der Waals surface area contributed by atoms with Gasteiger partial charge in [0, 0.05) is 12.6 Å². The molecule has 0 spiro atoms. The zero-order valence-corrected chi connectivity index (χ0v) is 14.4. The molecule has 1 aromatic heterocycles. The third-order valence-corrected chi connectivity index (χ3v) is 5.21. The van der Waals surface area contributed by atoms with Crippen molar-refractivity contribution in [3.8, 4) is 11.5 Å². The molecule has 24 heavy (non-hydrogen) atoms. The van der Waals surface area contributed by atoms with E-state index in [1.54, 1.807) is 18.4 Å². The summed E-state index contributed by atoms with van der Waals surface area (Å²) in [4.78, 5) is 2.04. The second-order valence-corrected chi connectivity index (χ2v) is 7.42. The van der Waals surface area contributed by atoms with Crippen LogP contribution in [0.2, 0.25) is 0 Å². The van der Waals surface area contributed by atoms with Gasteiger partial charge >= 0.3 is 0 Å². The number of hydrogen-bond donors (Lipinski definition) is 1. The van der Waals surface area contributed by atoms with Gasteiger partial charge in [-0.3, -0.25) is 4.90 Å². The van der Waals surface area contributed by atoms with Crippen LogP contribution in [0.3, 0.4) is 0 Å². The van der Waals surface area contributed by atoms with Crippen molar-refractivity contribution >= 4 is 10.0 Å². The molecule has 1 aromatic carbocycles. The van der Waals surface area contributed by atoms with Gasteiger partial charge in [-0.1, -0.05) is 0 Å². The van der Waals surface area contributed by atoms with Gasteiger partial charge in [-0.2, -0.15) is 0 Å². The maximum atomic E-state index is 12.6. The molecular weight excluding hydrogens is 332 g/mol. The monoisotopic (exact) mass is 352 g/mol. The van der Waals surface area contributed by atoms with E-state index in [1.807, 2.05) is 25.1 Å². The fourth-order valence-corrected chi connectivity index (χ4v) is 3.53. The first-order valence-corrected chi connectivity index (χ1v) is 9.05. The van der Waals surface area contributed by atoms with Gasteiger partial charge in [0.25, 0.3) is 0 Å². The molecule has 1 aliphatic heterocycles. The third kappa shape index (κ3) is 3.55. The van der Waals surface area contributed by atoms with E-state index in [-0.39, 0.29) is 17.5 Å². The molecule has 0 saturated heterocycles. The summed E-state index contributed by atoms with van der Waals surface area (Å²) in [5, 5.41) is 0. The number of fused-ring (bicyclic) bond motifs is 1. The largest absolute Gasteiger partial charge is 0.486 e. The Balaban J connectivity index is 1.76. The molecule has 8 heteroatoms. The van der Waals surface area contributed by atoms with Crippen LogP contribution in [-0.2, 0) is 10.0 Å². The summed E-state index contributed by atoms with van der Waals surface area (Å²) >= 11 is 0. The summed E-state index contributed by atoms with van der Waals surface area (Å²) in [6, 6.07) is 8.00. The average molecular weight is 352 g/mol. The molecular formula is C16H20N2O5S. The molecule has 0 bridgehead atoms. The van der Waals surface area contributed by atoms with Crippen molar-refractivity contribution in [2.45, 2.75) is 10.9 Å². The Hall–Kier alpha value is -2.03. The summed E-state index contributed by atoms with van der Waals surface area (Å²) in [5.41, 5.74) is 0. The molecule has 130 valence electrons. The molecule has 1 atom stereocenters. The highest BCUT2D eigenvalue weighted by molar-refractivity contribution is 7.89. The maximum Gasteiger partial charge on any atom is 0.240 e. The molecule has 2 heterocycles.